The van der Waals surface area contributed by atoms with Crippen LogP contribution in [0.25, 0.3) is 0 Å². The maximum Gasteiger partial charge on any atom is 0.317 e. The Labute approximate surface area is 112 Å². The first kappa shape index (κ1) is 12.2. The molecule has 0 aliphatic heterocycles. The molecule has 0 saturated heterocycles. The van der Waals surface area contributed by atoms with Gasteiger partial charge in [-0.15, -0.1) is 0 Å². The highest BCUT2D eigenvalue weighted by Gasteiger charge is 2.20. The molecule has 0 atom stereocenters. The molecule has 0 bridgehead atoms. The van der Waals surface area contributed by atoms with Crippen molar-refractivity contribution in [3.8, 4) is 6.01 Å². The second kappa shape index (κ2) is 5.40. The molecule has 5 nitrogen and oxygen atoms in total. The first-order chi connectivity index (χ1) is 9.31. The van der Waals surface area contributed by atoms with Crippen LogP contribution in [0.4, 0.5) is 0 Å². The second-order valence-corrected chi connectivity index (χ2v) is 4.79. The molecular formula is C14H17N3O2. The third-order valence-electron chi connectivity index (χ3n) is 3.14. The van der Waals surface area contributed by atoms with Crippen LogP contribution in [0, 0.1) is 6.92 Å². The monoisotopic (exact) mass is 259 g/mol. The van der Waals surface area contributed by atoms with Gasteiger partial charge < -0.3 is 14.5 Å². The van der Waals surface area contributed by atoms with Crippen LogP contribution >= 0.6 is 0 Å². The molecule has 1 saturated carbocycles. The fourth-order valence-electron chi connectivity index (χ4n) is 1.79. The number of rotatable bonds is 6. The molecular weight excluding hydrogens is 242 g/mol. The van der Waals surface area contributed by atoms with Crippen LogP contribution in [0.3, 0.4) is 0 Å². The van der Waals surface area contributed by atoms with Gasteiger partial charge in [-0.05, 0) is 31.9 Å². The zero-order valence-electron chi connectivity index (χ0n) is 10.9. The highest BCUT2D eigenvalue weighted by atomic mass is 16.5. The van der Waals surface area contributed by atoms with Gasteiger partial charge in [0.2, 0.25) is 0 Å². The Morgan fingerprint density at radius 1 is 1.47 bits per heavy atom. The standard InChI is InChI=1S/C14H17N3O2/c1-10-11(7-15-12-4-5-12)8-16-14(17-10)19-9-13-3-2-6-18-13/h2-3,6,8,12,15H,4-5,7,9H2,1H3. The summed E-state index contributed by atoms with van der Waals surface area (Å²) in [5.74, 6) is 0.765. The van der Waals surface area contributed by atoms with Crippen molar-refractivity contribution >= 4 is 0 Å². The van der Waals surface area contributed by atoms with Crippen LogP contribution in [-0.4, -0.2) is 16.0 Å². The molecule has 1 aliphatic rings. The van der Waals surface area contributed by atoms with E-state index in [1.54, 1.807) is 6.26 Å². The summed E-state index contributed by atoms with van der Waals surface area (Å²) in [7, 11) is 0. The van der Waals surface area contributed by atoms with Crippen LogP contribution in [-0.2, 0) is 13.2 Å². The zero-order valence-corrected chi connectivity index (χ0v) is 10.9. The third kappa shape index (κ3) is 3.32. The average molecular weight is 259 g/mol. The fourth-order valence-corrected chi connectivity index (χ4v) is 1.79. The Kier molecular flexibility index (Phi) is 3.46. The molecule has 1 fully saturated rings. The highest BCUT2D eigenvalue weighted by molar-refractivity contribution is 5.18. The topological polar surface area (TPSA) is 60.2 Å². The maximum atomic E-state index is 5.49. The van der Waals surface area contributed by atoms with Crippen molar-refractivity contribution in [3.05, 3.63) is 41.6 Å². The lowest BCUT2D eigenvalue weighted by molar-refractivity contribution is 0.249. The number of ether oxygens (including phenoxy) is 1. The number of hydrogen-bond donors (Lipinski definition) is 1. The molecule has 2 aromatic heterocycles. The summed E-state index contributed by atoms with van der Waals surface area (Å²) >= 11 is 0. The second-order valence-electron chi connectivity index (χ2n) is 4.79. The van der Waals surface area contributed by atoms with Crippen molar-refractivity contribution in [2.45, 2.75) is 39.0 Å². The predicted octanol–water partition coefficient (Wildman–Crippen LogP) is 2.21. The number of aromatic nitrogens is 2. The molecule has 0 amide bonds. The van der Waals surface area contributed by atoms with E-state index < -0.39 is 0 Å². The molecule has 0 spiro atoms. The van der Waals surface area contributed by atoms with Gasteiger partial charge in [0.25, 0.3) is 0 Å². The molecule has 19 heavy (non-hydrogen) atoms. The number of hydrogen-bond acceptors (Lipinski definition) is 5. The van der Waals surface area contributed by atoms with Crippen molar-refractivity contribution < 1.29 is 9.15 Å². The maximum absolute atomic E-state index is 5.49. The Bertz CT molecular complexity index is 536. The lowest BCUT2D eigenvalue weighted by Crippen LogP contribution is -2.16. The quantitative estimate of drug-likeness (QED) is 0.861. The van der Waals surface area contributed by atoms with Gasteiger partial charge in [-0.25, -0.2) is 9.97 Å². The molecule has 0 radical (unpaired) electrons. The van der Waals surface area contributed by atoms with E-state index in [1.165, 1.54) is 12.8 Å². The normalized spacial score (nSPS) is 14.6. The molecule has 3 rings (SSSR count). The third-order valence-corrected chi connectivity index (χ3v) is 3.14. The molecule has 100 valence electrons. The molecule has 1 N–H and O–H groups in total. The highest BCUT2D eigenvalue weighted by Crippen LogP contribution is 2.20. The number of nitrogens with one attached hydrogen (secondary N) is 1. The Morgan fingerprint density at radius 2 is 2.37 bits per heavy atom. The molecule has 0 aromatic carbocycles. The van der Waals surface area contributed by atoms with Gasteiger partial charge in [0.1, 0.15) is 12.4 Å². The van der Waals surface area contributed by atoms with Crippen molar-refractivity contribution in [1.82, 2.24) is 15.3 Å². The minimum absolute atomic E-state index is 0.353. The fraction of sp³-hybridized carbons (Fsp3) is 0.429. The molecule has 5 heteroatoms. The largest absolute Gasteiger partial charge is 0.466 e. The first-order valence-corrected chi connectivity index (χ1v) is 6.52. The van der Waals surface area contributed by atoms with E-state index in [9.17, 15) is 0 Å². The van der Waals surface area contributed by atoms with Crippen molar-refractivity contribution in [1.29, 1.82) is 0 Å². The molecule has 2 aromatic rings. The van der Waals surface area contributed by atoms with Crippen LogP contribution < -0.4 is 10.1 Å². The summed E-state index contributed by atoms with van der Waals surface area (Å²) in [6.45, 7) is 3.16. The molecule has 0 unspecified atom stereocenters. The molecule has 2 heterocycles. The van der Waals surface area contributed by atoms with E-state index in [-0.39, 0.29) is 0 Å². The van der Waals surface area contributed by atoms with E-state index in [0.717, 1.165) is 23.6 Å². The summed E-state index contributed by atoms with van der Waals surface area (Å²) in [6, 6.07) is 4.77. The predicted molar refractivity (Wildman–Crippen MR) is 69.7 cm³/mol. The van der Waals surface area contributed by atoms with Crippen LogP contribution in [0.1, 0.15) is 29.9 Å². The minimum Gasteiger partial charge on any atom is -0.466 e. The zero-order chi connectivity index (χ0) is 13.1. The Balaban J connectivity index is 1.58. The minimum atomic E-state index is 0.353. The van der Waals surface area contributed by atoms with Crippen molar-refractivity contribution in [2.75, 3.05) is 0 Å². The summed E-state index contributed by atoms with van der Waals surface area (Å²) < 4.78 is 10.7. The van der Waals surface area contributed by atoms with Crippen LogP contribution in [0.15, 0.2) is 29.0 Å². The van der Waals surface area contributed by atoms with E-state index >= 15 is 0 Å². The first-order valence-electron chi connectivity index (χ1n) is 6.52. The van der Waals surface area contributed by atoms with E-state index in [0.29, 0.717) is 18.7 Å². The summed E-state index contributed by atoms with van der Waals surface area (Å²) in [5, 5.41) is 3.45. The summed E-state index contributed by atoms with van der Waals surface area (Å²) in [6.07, 6.45) is 6.02. The van der Waals surface area contributed by atoms with Gasteiger partial charge in [0.15, 0.2) is 0 Å². The lowest BCUT2D eigenvalue weighted by Gasteiger charge is -2.08. The van der Waals surface area contributed by atoms with Gasteiger partial charge in [-0.1, -0.05) is 0 Å². The van der Waals surface area contributed by atoms with Gasteiger partial charge >= 0.3 is 6.01 Å². The summed E-state index contributed by atoms with van der Waals surface area (Å²) in [5.41, 5.74) is 2.08. The smallest absolute Gasteiger partial charge is 0.317 e. The average Bonchev–Trinajstić information content (AvgIpc) is 3.09. The van der Waals surface area contributed by atoms with E-state index in [4.69, 9.17) is 9.15 Å². The number of furan rings is 1. The number of nitrogens with zero attached hydrogens (tertiary/aromatic N) is 2. The Morgan fingerprint density at radius 3 is 3.05 bits per heavy atom. The van der Waals surface area contributed by atoms with Gasteiger partial charge in [0.05, 0.1) is 6.26 Å². The Hall–Kier alpha value is -1.88. The van der Waals surface area contributed by atoms with Gasteiger partial charge in [-0.2, -0.15) is 0 Å². The lowest BCUT2D eigenvalue weighted by atomic mass is 10.2. The van der Waals surface area contributed by atoms with Crippen LogP contribution in [0.2, 0.25) is 0 Å². The van der Waals surface area contributed by atoms with Gasteiger partial charge in [0, 0.05) is 30.0 Å². The summed E-state index contributed by atoms with van der Waals surface area (Å²) in [4.78, 5) is 8.58. The van der Waals surface area contributed by atoms with E-state index in [2.05, 4.69) is 15.3 Å². The SMILES string of the molecule is Cc1nc(OCc2ccco2)ncc1CNC1CC1. The molecule has 1 aliphatic carbocycles. The van der Waals surface area contributed by atoms with Crippen molar-refractivity contribution in [3.63, 3.8) is 0 Å². The van der Waals surface area contributed by atoms with Crippen molar-refractivity contribution in [2.24, 2.45) is 0 Å². The van der Waals surface area contributed by atoms with Crippen LogP contribution in [0.5, 0.6) is 6.01 Å². The number of aryl methyl sites for hydroxylation is 1. The van der Waals surface area contributed by atoms with E-state index in [1.807, 2.05) is 25.3 Å². The van der Waals surface area contributed by atoms with Gasteiger partial charge in [-0.3, -0.25) is 0 Å².